The van der Waals surface area contributed by atoms with Gasteiger partial charge in [-0.1, -0.05) is 5.16 Å². The van der Waals surface area contributed by atoms with Crippen molar-refractivity contribution < 1.29 is 22.1 Å². The second kappa shape index (κ2) is 5.68. The largest absolute Gasteiger partial charge is 0.416 e. The Morgan fingerprint density at radius 3 is 2.55 bits per heavy atom. The number of nitrogens with zero attached hydrogens (tertiary/aromatic N) is 2. The quantitative estimate of drug-likeness (QED) is 0.863. The van der Waals surface area contributed by atoms with Crippen LogP contribution in [0.15, 0.2) is 22.7 Å². The summed E-state index contributed by atoms with van der Waals surface area (Å²) in [4.78, 5) is 4.13. The number of aromatic nitrogens is 2. The fraction of sp³-hybridized carbons (Fsp3) is 0.429. The lowest BCUT2D eigenvalue weighted by molar-refractivity contribution is -0.137. The SMILES string of the molecule is Fc1cc(C(F)(F)F)ccc1-c1noc(C2CCNCC2)n1. The fourth-order valence-corrected chi connectivity index (χ4v) is 2.45. The van der Waals surface area contributed by atoms with Crippen molar-refractivity contribution in [3.8, 4) is 11.4 Å². The Hall–Kier alpha value is -1.96. The Balaban J connectivity index is 1.87. The molecule has 2 aromatic rings. The molecule has 1 aromatic carbocycles. The van der Waals surface area contributed by atoms with Gasteiger partial charge < -0.3 is 9.84 Å². The third-order valence-electron chi connectivity index (χ3n) is 3.67. The molecule has 2 heterocycles. The highest BCUT2D eigenvalue weighted by Crippen LogP contribution is 2.32. The fourth-order valence-electron chi connectivity index (χ4n) is 2.45. The number of piperidine rings is 1. The minimum atomic E-state index is -4.59. The molecule has 0 bridgehead atoms. The number of rotatable bonds is 2. The molecule has 0 amide bonds. The van der Waals surface area contributed by atoms with Crippen LogP contribution in [0.4, 0.5) is 17.6 Å². The molecule has 1 fully saturated rings. The van der Waals surface area contributed by atoms with Gasteiger partial charge in [0.25, 0.3) is 0 Å². The first-order chi connectivity index (χ1) is 10.4. The second-order valence-corrected chi connectivity index (χ2v) is 5.17. The van der Waals surface area contributed by atoms with Gasteiger partial charge in [0.2, 0.25) is 11.7 Å². The topological polar surface area (TPSA) is 51.0 Å². The predicted octanol–water partition coefficient (Wildman–Crippen LogP) is 3.36. The van der Waals surface area contributed by atoms with Gasteiger partial charge in [-0.2, -0.15) is 18.2 Å². The minimum absolute atomic E-state index is 0.0280. The monoisotopic (exact) mass is 315 g/mol. The highest BCUT2D eigenvalue weighted by atomic mass is 19.4. The third kappa shape index (κ3) is 2.96. The van der Waals surface area contributed by atoms with Crippen molar-refractivity contribution in [3.05, 3.63) is 35.5 Å². The number of benzene rings is 1. The average Bonchev–Trinajstić information content (AvgIpc) is 2.96. The molecule has 1 aliphatic heterocycles. The Labute approximate surface area is 123 Å². The van der Waals surface area contributed by atoms with Gasteiger partial charge >= 0.3 is 6.18 Å². The highest BCUT2D eigenvalue weighted by Gasteiger charge is 2.31. The smallest absolute Gasteiger partial charge is 0.339 e. The lowest BCUT2D eigenvalue weighted by atomic mass is 9.98. The van der Waals surface area contributed by atoms with Crippen molar-refractivity contribution in [2.45, 2.75) is 24.9 Å². The molecule has 118 valence electrons. The van der Waals surface area contributed by atoms with Gasteiger partial charge in [-0.15, -0.1) is 0 Å². The average molecular weight is 315 g/mol. The van der Waals surface area contributed by atoms with Crippen molar-refractivity contribution in [2.24, 2.45) is 0 Å². The van der Waals surface area contributed by atoms with Crippen LogP contribution in [0.5, 0.6) is 0 Å². The zero-order chi connectivity index (χ0) is 15.7. The van der Waals surface area contributed by atoms with Crippen molar-refractivity contribution in [2.75, 3.05) is 13.1 Å². The van der Waals surface area contributed by atoms with Gasteiger partial charge in [0.1, 0.15) is 5.82 Å². The summed E-state index contributed by atoms with van der Waals surface area (Å²) >= 11 is 0. The normalized spacial score (nSPS) is 16.9. The maximum absolute atomic E-state index is 13.9. The molecule has 1 aliphatic rings. The maximum Gasteiger partial charge on any atom is 0.416 e. The van der Waals surface area contributed by atoms with Gasteiger partial charge in [-0.3, -0.25) is 0 Å². The molecule has 0 atom stereocenters. The van der Waals surface area contributed by atoms with Gasteiger partial charge in [-0.05, 0) is 44.1 Å². The van der Waals surface area contributed by atoms with E-state index in [-0.39, 0.29) is 17.3 Å². The van der Waals surface area contributed by atoms with Crippen LogP contribution in [-0.2, 0) is 6.18 Å². The van der Waals surface area contributed by atoms with Crippen LogP contribution in [0, 0.1) is 5.82 Å². The zero-order valence-electron chi connectivity index (χ0n) is 11.5. The Bertz CT molecular complexity index is 662. The van der Waals surface area contributed by atoms with E-state index < -0.39 is 17.6 Å². The summed E-state index contributed by atoms with van der Waals surface area (Å²) in [6.45, 7) is 1.66. The first-order valence-corrected chi connectivity index (χ1v) is 6.86. The van der Waals surface area contributed by atoms with Crippen LogP contribution in [0.2, 0.25) is 0 Å². The van der Waals surface area contributed by atoms with Gasteiger partial charge in [-0.25, -0.2) is 4.39 Å². The molecule has 8 heteroatoms. The molecular weight excluding hydrogens is 302 g/mol. The Morgan fingerprint density at radius 1 is 1.18 bits per heavy atom. The molecule has 4 nitrogen and oxygen atoms in total. The molecule has 0 saturated carbocycles. The van der Waals surface area contributed by atoms with Crippen LogP contribution in [-0.4, -0.2) is 23.2 Å². The third-order valence-corrected chi connectivity index (χ3v) is 3.67. The van der Waals surface area contributed by atoms with Gasteiger partial charge in [0.15, 0.2) is 0 Å². The van der Waals surface area contributed by atoms with Crippen LogP contribution in [0.1, 0.15) is 30.2 Å². The van der Waals surface area contributed by atoms with Crippen molar-refractivity contribution in [3.63, 3.8) is 0 Å². The summed E-state index contributed by atoms with van der Waals surface area (Å²) in [5, 5.41) is 6.88. The van der Waals surface area contributed by atoms with E-state index in [9.17, 15) is 17.6 Å². The molecule has 0 spiro atoms. The Kier molecular flexibility index (Phi) is 3.86. The standard InChI is InChI=1S/C14H13F4N3O/c15-11-7-9(14(16,17)18)1-2-10(11)12-20-13(22-21-12)8-3-5-19-6-4-8/h1-2,7-8,19H,3-6H2. The lowest BCUT2D eigenvalue weighted by Gasteiger charge is -2.18. The van der Waals surface area contributed by atoms with Crippen molar-refractivity contribution >= 4 is 0 Å². The molecule has 1 aromatic heterocycles. The molecule has 0 unspecified atom stereocenters. The minimum Gasteiger partial charge on any atom is -0.339 e. The molecule has 3 rings (SSSR count). The molecular formula is C14H13F4N3O. The first kappa shape index (κ1) is 15.0. The van der Waals surface area contributed by atoms with E-state index in [0.717, 1.165) is 38.1 Å². The van der Waals surface area contributed by atoms with Crippen molar-refractivity contribution in [1.82, 2.24) is 15.5 Å². The molecule has 1 saturated heterocycles. The summed E-state index contributed by atoms with van der Waals surface area (Å²) in [6, 6.07) is 2.27. The van der Waals surface area contributed by atoms with E-state index in [1.807, 2.05) is 0 Å². The van der Waals surface area contributed by atoms with E-state index in [1.54, 1.807) is 0 Å². The molecule has 22 heavy (non-hydrogen) atoms. The Morgan fingerprint density at radius 2 is 1.91 bits per heavy atom. The van der Waals surface area contributed by atoms with E-state index in [0.29, 0.717) is 12.0 Å². The van der Waals surface area contributed by atoms with Crippen LogP contribution >= 0.6 is 0 Å². The van der Waals surface area contributed by atoms with Crippen LogP contribution in [0.3, 0.4) is 0 Å². The maximum atomic E-state index is 13.9. The predicted molar refractivity (Wildman–Crippen MR) is 69.5 cm³/mol. The number of nitrogens with one attached hydrogen (secondary N) is 1. The molecule has 1 N–H and O–H groups in total. The van der Waals surface area contributed by atoms with Crippen molar-refractivity contribution in [1.29, 1.82) is 0 Å². The van der Waals surface area contributed by atoms with E-state index in [2.05, 4.69) is 15.5 Å². The van der Waals surface area contributed by atoms with E-state index in [4.69, 9.17) is 4.52 Å². The second-order valence-electron chi connectivity index (χ2n) is 5.17. The van der Waals surface area contributed by atoms with E-state index >= 15 is 0 Å². The molecule has 0 radical (unpaired) electrons. The zero-order valence-corrected chi connectivity index (χ0v) is 11.5. The number of halogens is 4. The number of hydrogen-bond acceptors (Lipinski definition) is 4. The summed E-state index contributed by atoms with van der Waals surface area (Å²) in [7, 11) is 0. The van der Waals surface area contributed by atoms with E-state index in [1.165, 1.54) is 0 Å². The summed E-state index contributed by atoms with van der Waals surface area (Å²) in [5.41, 5.74) is -1.15. The van der Waals surface area contributed by atoms with Gasteiger partial charge in [0.05, 0.1) is 11.1 Å². The lowest BCUT2D eigenvalue weighted by Crippen LogP contribution is -2.26. The highest BCUT2D eigenvalue weighted by molar-refractivity contribution is 5.56. The first-order valence-electron chi connectivity index (χ1n) is 6.86. The summed E-state index contributed by atoms with van der Waals surface area (Å²) in [6.07, 6.45) is -2.93. The van der Waals surface area contributed by atoms with Crippen LogP contribution in [0.25, 0.3) is 11.4 Å². The number of hydrogen-bond donors (Lipinski definition) is 1. The summed E-state index contributed by atoms with van der Waals surface area (Å²) < 4.78 is 56.6. The van der Waals surface area contributed by atoms with Crippen LogP contribution < -0.4 is 5.32 Å². The molecule has 0 aliphatic carbocycles. The van der Waals surface area contributed by atoms with Gasteiger partial charge in [0, 0.05) is 5.92 Å². The summed E-state index contributed by atoms with van der Waals surface area (Å²) in [5.74, 6) is -0.553. The number of alkyl halides is 3.